The van der Waals surface area contributed by atoms with Crippen LogP contribution in [-0.2, 0) is 9.59 Å². The van der Waals surface area contributed by atoms with E-state index >= 15 is 0 Å². The molecule has 1 unspecified atom stereocenters. The maximum atomic E-state index is 12.5. The minimum absolute atomic E-state index is 0.0894. The quantitative estimate of drug-likeness (QED) is 0.335. The fourth-order valence-electron chi connectivity index (χ4n) is 5.27. The number of aliphatic carboxylic acids is 1. The number of nitrogens with one attached hydrogen (secondary N) is 1. The molecule has 9 heteroatoms. The summed E-state index contributed by atoms with van der Waals surface area (Å²) in [5, 5.41) is 14.6. The number of allylic oxidation sites excluding steroid dienone is 2. The van der Waals surface area contributed by atoms with E-state index in [9.17, 15) is 9.59 Å². The van der Waals surface area contributed by atoms with Crippen molar-refractivity contribution < 1.29 is 24.2 Å². The van der Waals surface area contributed by atoms with Crippen molar-refractivity contribution in [2.24, 2.45) is 5.41 Å². The molecule has 0 bridgehead atoms. The largest absolute Gasteiger partial charge is 0.486 e. The van der Waals surface area contributed by atoms with E-state index in [-0.39, 0.29) is 24.3 Å². The van der Waals surface area contributed by atoms with Gasteiger partial charge in [-0.05, 0) is 56.7 Å². The van der Waals surface area contributed by atoms with E-state index in [1.807, 2.05) is 30.4 Å². The minimum atomic E-state index is -0.926. The highest BCUT2D eigenvalue weighted by Crippen LogP contribution is 2.38. The Hall–Kier alpha value is -3.59. The number of ether oxygens (including phenoxy) is 2. The topological polar surface area (TPSA) is 101 Å². The van der Waals surface area contributed by atoms with E-state index in [1.165, 1.54) is 31.3 Å². The van der Waals surface area contributed by atoms with Gasteiger partial charge in [0.15, 0.2) is 16.6 Å². The first-order valence-corrected chi connectivity index (χ1v) is 14.9. The van der Waals surface area contributed by atoms with Crippen LogP contribution in [0.3, 0.4) is 0 Å². The molecule has 1 aromatic carbocycles. The van der Waals surface area contributed by atoms with Gasteiger partial charge in [-0.25, -0.2) is 4.98 Å². The molecule has 0 radical (unpaired) electrons. The first-order chi connectivity index (χ1) is 19.4. The summed E-state index contributed by atoms with van der Waals surface area (Å²) in [5.74, 6) is 0.371. The third kappa shape index (κ3) is 7.13. The first kappa shape index (κ1) is 28.0. The summed E-state index contributed by atoms with van der Waals surface area (Å²) >= 11 is 1.65. The molecular formula is C31H37N3O5S. The molecule has 5 rings (SSSR count). The van der Waals surface area contributed by atoms with Crippen LogP contribution in [0.1, 0.15) is 51.9 Å². The van der Waals surface area contributed by atoms with Gasteiger partial charge < -0.3 is 24.8 Å². The van der Waals surface area contributed by atoms with Gasteiger partial charge >= 0.3 is 5.97 Å². The molecule has 0 fully saturated rings. The van der Waals surface area contributed by atoms with Gasteiger partial charge in [0.05, 0.1) is 12.1 Å². The molecule has 2 heterocycles. The molecule has 8 nitrogen and oxygen atoms in total. The predicted molar refractivity (Wildman–Crippen MR) is 157 cm³/mol. The number of carboxylic acid groups (broad SMARTS) is 1. The zero-order chi connectivity index (χ0) is 28.0. The molecule has 1 aliphatic heterocycles. The molecule has 2 N–H and O–H groups in total. The van der Waals surface area contributed by atoms with Crippen LogP contribution in [-0.4, -0.2) is 54.8 Å². The highest BCUT2D eigenvalue weighted by Gasteiger charge is 2.29. The van der Waals surface area contributed by atoms with Crippen LogP contribution in [0.15, 0.2) is 59.0 Å². The Morgan fingerprint density at radius 2 is 2.02 bits per heavy atom. The average Bonchev–Trinajstić information content (AvgIpc) is 3.46. The van der Waals surface area contributed by atoms with Crippen molar-refractivity contribution in [2.75, 3.05) is 37.7 Å². The highest BCUT2D eigenvalue weighted by atomic mass is 32.1. The number of thiazole rings is 1. The molecule has 0 saturated heterocycles. The second-order valence-electron chi connectivity index (χ2n) is 10.9. The standard InChI is InChI=1S/C31H37N3O5S/c1-31(13-9-23(10-14-31)29(37)32-15-11-28(35)36)21-34(16-12-22-5-3-2-4-6-22)30-33-25(20-40-30)24-7-8-26-27(19-24)39-18-17-38-26/h5,7-10,13,19-20H,2-4,6,11-12,14-18,21H2,1H3,(H,32,37)(H,35,36). The lowest BCUT2D eigenvalue weighted by Crippen LogP contribution is -2.37. The van der Waals surface area contributed by atoms with E-state index in [0.29, 0.717) is 25.2 Å². The number of hydrogen-bond acceptors (Lipinski definition) is 7. The lowest BCUT2D eigenvalue weighted by atomic mass is 9.81. The van der Waals surface area contributed by atoms with Crippen molar-refractivity contribution in [1.29, 1.82) is 0 Å². The minimum Gasteiger partial charge on any atom is -0.486 e. The van der Waals surface area contributed by atoms with E-state index < -0.39 is 5.97 Å². The van der Waals surface area contributed by atoms with Gasteiger partial charge in [0.25, 0.3) is 5.91 Å². The van der Waals surface area contributed by atoms with Crippen molar-refractivity contribution >= 4 is 28.3 Å². The van der Waals surface area contributed by atoms with Gasteiger partial charge in [0.1, 0.15) is 13.2 Å². The molecule has 1 aromatic heterocycles. The van der Waals surface area contributed by atoms with E-state index in [1.54, 1.807) is 11.3 Å². The molecule has 3 aliphatic rings. The van der Waals surface area contributed by atoms with Gasteiger partial charge in [-0.2, -0.15) is 0 Å². The molecule has 0 saturated carbocycles. The molecule has 1 amide bonds. The predicted octanol–water partition coefficient (Wildman–Crippen LogP) is 5.76. The van der Waals surface area contributed by atoms with Crippen LogP contribution in [0.2, 0.25) is 0 Å². The Morgan fingerprint density at radius 3 is 2.77 bits per heavy atom. The smallest absolute Gasteiger partial charge is 0.305 e. The number of rotatable bonds is 11. The van der Waals surface area contributed by atoms with Crippen molar-refractivity contribution in [2.45, 2.75) is 51.9 Å². The van der Waals surface area contributed by atoms with Gasteiger partial charge in [0.2, 0.25) is 0 Å². The Labute approximate surface area is 239 Å². The van der Waals surface area contributed by atoms with E-state index in [0.717, 1.165) is 47.4 Å². The van der Waals surface area contributed by atoms with Crippen LogP contribution in [0.5, 0.6) is 11.5 Å². The van der Waals surface area contributed by atoms with E-state index in [4.69, 9.17) is 19.6 Å². The number of benzene rings is 1. The maximum Gasteiger partial charge on any atom is 0.305 e. The number of carboxylic acids is 1. The van der Waals surface area contributed by atoms with Crippen LogP contribution in [0, 0.1) is 5.41 Å². The summed E-state index contributed by atoms with van der Waals surface area (Å²) in [4.78, 5) is 30.7. The van der Waals surface area contributed by atoms with Gasteiger partial charge in [-0.15, -0.1) is 11.3 Å². The summed E-state index contributed by atoms with van der Waals surface area (Å²) < 4.78 is 11.5. The van der Waals surface area contributed by atoms with Crippen molar-refractivity contribution in [3.63, 3.8) is 0 Å². The van der Waals surface area contributed by atoms with Crippen molar-refractivity contribution in [3.8, 4) is 22.8 Å². The van der Waals surface area contributed by atoms with Crippen LogP contribution in [0.4, 0.5) is 5.13 Å². The molecule has 2 aromatic rings. The zero-order valence-corrected chi connectivity index (χ0v) is 23.8. The Kier molecular flexibility index (Phi) is 8.89. The Bertz CT molecular complexity index is 1330. The molecule has 40 heavy (non-hydrogen) atoms. The molecule has 0 spiro atoms. The summed E-state index contributed by atoms with van der Waals surface area (Å²) in [6, 6.07) is 5.98. The summed E-state index contributed by atoms with van der Waals surface area (Å²) in [5.41, 5.74) is 3.87. The number of nitrogens with zero attached hydrogens (tertiary/aromatic N) is 2. The number of amides is 1. The van der Waals surface area contributed by atoms with Gasteiger partial charge in [-0.3, -0.25) is 9.59 Å². The lowest BCUT2D eigenvalue weighted by Gasteiger charge is -2.35. The monoisotopic (exact) mass is 563 g/mol. The molecular weight excluding hydrogens is 526 g/mol. The molecule has 2 aliphatic carbocycles. The SMILES string of the molecule is CC1(CN(CCC2=CCCCC2)c2nc(-c3ccc4c(c3)OCCO4)cs2)C=CC(C(=O)NCCC(=O)O)=CC1. The van der Waals surface area contributed by atoms with Crippen LogP contribution < -0.4 is 19.7 Å². The number of hydrogen-bond donors (Lipinski definition) is 2. The van der Waals surface area contributed by atoms with Crippen molar-refractivity contribution in [3.05, 3.63) is 59.0 Å². The number of carbonyl (C=O) groups excluding carboxylic acids is 1. The third-order valence-electron chi connectivity index (χ3n) is 7.58. The lowest BCUT2D eigenvalue weighted by molar-refractivity contribution is -0.136. The highest BCUT2D eigenvalue weighted by molar-refractivity contribution is 7.14. The maximum absolute atomic E-state index is 12.5. The molecule has 1 atom stereocenters. The second-order valence-corrected chi connectivity index (χ2v) is 11.7. The summed E-state index contributed by atoms with van der Waals surface area (Å²) in [6.07, 6.45) is 14.9. The third-order valence-corrected chi connectivity index (χ3v) is 8.48. The fraction of sp³-hybridized carbons (Fsp3) is 0.452. The van der Waals surface area contributed by atoms with Gasteiger partial charge in [-0.1, -0.05) is 36.8 Å². The van der Waals surface area contributed by atoms with E-state index in [2.05, 4.69) is 34.7 Å². The number of fused-ring (bicyclic) bond motifs is 1. The summed E-state index contributed by atoms with van der Waals surface area (Å²) in [6.45, 7) is 5.11. The Balaban J connectivity index is 1.30. The summed E-state index contributed by atoms with van der Waals surface area (Å²) in [7, 11) is 0. The van der Waals surface area contributed by atoms with Crippen LogP contribution in [0.25, 0.3) is 11.3 Å². The average molecular weight is 564 g/mol. The zero-order valence-electron chi connectivity index (χ0n) is 23.0. The first-order valence-electron chi connectivity index (χ1n) is 14.1. The van der Waals surface area contributed by atoms with Crippen LogP contribution >= 0.6 is 11.3 Å². The molecule has 212 valence electrons. The Morgan fingerprint density at radius 1 is 1.18 bits per heavy atom. The number of aromatic nitrogens is 1. The normalized spacial score (nSPS) is 19.9. The fourth-order valence-corrected chi connectivity index (χ4v) is 6.14. The second kappa shape index (κ2) is 12.7. The number of anilines is 1. The van der Waals surface area contributed by atoms with Gasteiger partial charge in [0, 0.05) is 41.6 Å². The van der Waals surface area contributed by atoms with Crippen molar-refractivity contribution in [1.82, 2.24) is 10.3 Å². The number of carbonyl (C=O) groups is 2.